The van der Waals surface area contributed by atoms with Crippen LogP contribution in [0.5, 0.6) is 0 Å². The van der Waals surface area contributed by atoms with Gasteiger partial charge in [-0.1, -0.05) is 41.7 Å². The SMILES string of the molecule is Cc1nnc(NC(=O)C(N)CCc2ccccc2)s1. The molecule has 0 bridgehead atoms. The summed E-state index contributed by atoms with van der Waals surface area (Å²) < 4.78 is 0. The Morgan fingerprint density at radius 1 is 1.37 bits per heavy atom. The molecule has 6 heteroatoms. The third-order valence-electron chi connectivity index (χ3n) is 2.68. The first-order valence-electron chi connectivity index (χ1n) is 6.05. The van der Waals surface area contributed by atoms with Gasteiger partial charge < -0.3 is 5.73 Å². The molecule has 1 amide bonds. The minimum Gasteiger partial charge on any atom is -0.320 e. The summed E-state index contributed by atoms with van der Waals surface area (Å²) in [7, 11) is 0. The predicted octanol–water partition coefficient (Wildman–Crippen LogP) is 1.75. The Balaban J connectivity index is 1.82. The van der Waals surface area contributed by atoms with Gasteiger partial charge in [-0.05, 0) is 25.3 Å². The number of carbonyl (C=O) groups excluding carboxylic acids is 1. The number of nitrogens with one attached hydrogen (secondary N) is 1. The van der Waals surface area contributed by atoms with Crippen molar-refractivity contribution in [2.45, 2.75) is 25.8 Å². The third-order valence-corrected chi connectivity index (χ3v) is 3.43. The van der Waals surface area contributed by atoms with E-state index in [0.717, 1.165) is 11.4 Å². The maximum absolute atomic E-state index is 11.8. The largest absolute Gasteiger partial charge is 0.320 e. The Labute approximate surface area is 115 Å². The molecule has 0 fully saturated rings. The van der Waals surface area contributed by atoms with E-state index in [1.54, 1.807) is 0 Å². The van der Waals surface area contributed by atoms with E-state index in [9.17, 15) is 4.79 Å². The fourth-order valence-electron chi connectivity index (χ4n) is 1.64. The van der Waals surface area contributed by atoms with Crippen LogP contribution in [-0.4, -0.2) is 22.1 Å². The van der Waals surface area contributed by atoms with E-state index in [1.165, 1.54) is 16.9 Å². The van der Waals surface area contributed by atoms with Crippen molar-refractivity contribution >= 4 is 22.4 Å². The molecule has 0 saturated heterocycles. The van der Waals surface area contributed by atoms with Gasteiger partial charge in [0.1, 0.15) is 5.01 Å². The van der Waals surface area contributed by atoms with Crippen LogP contribution in [0.4, 0.5) is 5.13 Å². The molecule has 100 valence electrons. The van der Waals surface area contributed by atoms with Crippen molar-refractivity contribution in [3.05, 3.63) is 40.9 Å². The van der Waals surface area contributed by atoms with Crippen LogP contribution in [0.25, 0.3) is 0 Å². The lowest BCUT2D eigenvalue weighted by atomic mass is 10.1. The molecule has 1 atom stereocenters. The van der Waals surface area contributed by atoms with Crippen LogP contribution >= 0.6 is 11.3 Å². The van der Waals surface area contributed by atoms with Gasteiger partial charge >= 0.3 is 0 Å². The molecule has 0 spiro atoms. The number of aryl methyl sites for hydroxylation is 2. The summed E-state index contributed by atoms with van der Waals surface area (Å²) in [5, 5.41) is 11.7. The lowest BCUT2D eigenvalue weighted by molar-refractivity contribution is -0.117. The van der Waals surface area contributed by atoms with Crippen molar-refractivity contribution in [3.8, 4) is 0 Å². The second-order valence-corrected chi connectivity index (χ2v) is 5.43. The summed E-state index contributed by atoms with van der Waals surface area (Å²) in [4.78, 5) is 11.8. The first-order chi connectivity index (χ1) is 9.15. The van der Waals surface area contributed by atoms with Crippen molar-refractivity contribution in [3.63, 3.8) is 0 Å². The van der Waals surface area contributed by atoms with Crippen molar-refractivity contribution in [1.82, 2.24) is 10.2 Å². The molecule has 5 nitrogen and oxygen atoms in total. The van der Waals surface area contributed by atoms with Crippen molar-refractivity contribution < 1.29 is 4.79 Å². The summed E-state index contributed by atoms with van der Waals surface area (Å²) in [6.45, 7) is 1.84. The molecule has 1 aromatic carbocycles. The van der Waals surface area contributed by atoms with E-state index in [2.05, 4.69) is 15.5 Å². The molecule has 1 unspecified atom stereocenters. The predicted molar refractivity (Wildman–Crippen MR) is 76.0 cm³/mol. The average molecular weight is 276 g/mol. The molecule has 1 aromatic heterocycles. The van der Waals surface area contributed by atoms with E-state index in [4.69, 9.17) is 5.73 Å². The fourth-order valence-corrected chi connectivity index (χ4v) is 2.24. The molecule has 2 aromatic rings. The van der Waals surface area contributed by atoms with Gasteiger partial charge in [-0.3, -0.25) is 10.1 Å². The van der Waals surface area contributed by atoms with Gasteiger partial charge in [0.15, 0.2) is 0 Å². The summed E-state index contributed by atoms with van der Waals surface area (Å²) in [5.41, 5.74) is 7.04. The van der Waals surface area contributed by atoms with E-state index in [0.29, 0.717) is 11.6 Å². The van der Waals surface area contributed by atoms with Gasteiger partial charge in [-0.15, -0.1) is 10.2 Å². The minimum absolute atomic E-state index is 0.216. The Morgan fingerprint density at radius 2 is 2.11 bits per heavy atom. The second kappa shape index (κ2) is 6.40. The molecule has 0 radical (unpaired) electrons. The van der Waals surface area contributed by atoms with Gasteiger partial charge in [0.2, 0.25) is 11.0 Å². The van der Waals surface area contributed by atoms with Gasteiger partial charge in [0.05, 0.1) is 6.04 Å². The van der Waals surface area contributed by atoms with E-state index in [1.807, 2.05) is 37.3 Å². The summed E-state index contributed by atoms with van der Waals surface area (Å²) >= 11 is 1.34. The first kappa shape index (κ1) is 13.6. The Hall–Kier alpha value is -1.79. The second-order valence-electron chi connectivity index (χ2n) is 4.25. The van der Waals surface area contributed by atoms with Gasteiger partial charge in [-0.2, -0.15) is 0 Å². The molecular formula is C13H16N4OS. The summed E-state index contributed by atoms with van der Waals surface area (Å²) in [6.07, 6.45) is 1.39. The van der Waals surface area contributed by atoms with E-state index < -0.39 is 6.04 Å². The first-order valence-corrected chi connectivity index (χ1v) is 6.87. The third kappa shape index (κ3) is 4.11. The topological polar surface area (TPSA) is 80.9 Å². The Morgan fingerprint density at radius 3 is 2.74 bits per heavy atom. The number of nitrogens with zero attached hydrogens (tertiary/aromatic N) is 2. The lowest BCUT2D eigenvalue weighted by Crippen LogP contribution is -2.36. The average Bonchev–Trinajstić information content (AvgIpc) is 2.82. The maximum Gasteiger partial charge on any atom is 0.243 e. The molecule has 2 rings (SSSR count). The van der Waals surface area contributed by atoms with Crippen LogP contribution in [0.15, 0.2) is 30.3 Å². The normalized spacial score (nSPS) is 12.1. The van der Waals surface area contributed by atoms with Crippen molar-refractivity contribution in [2.24, 2.45) is 5.73 Å². The zero-order valence-corrected chi connectivity index (χ0v) is 11.5. The molecule has 0 saturated carbocycles. The zero-order valence-electron chi connectivity index (χ0n) is 10.7. The molecular weight excluding hydrogens is 260 g/mol. The monoisotopic (exact) mass is 276 g/mol. The van der Waals surface area contributed by atoms with E-state index in [-0.39, 0.29) is 5.91 Å². The Kier molecular flexibility index (Phi) is 4.59. The van der Waals surface area contributed by atoms with Gasteiger partial charge in [0.25, 0.3) is 0 Å². The van der Waals surface area contributed by atoms with Crippen LogP contribution < -0.4 is 11.1 Å². The highest BCUT2D eigenvalue weighted by molar-refractivity contribution is 7.15. The lowest BCUT2D eigenvalue weighted by Gasteiger charge is -2.10. The quantitative estimate of drug-likeness (QED) is 0.871. The minimum atomic E-state index is -0.538. The van der Waals surface area contributed by atoms with Gasteiger partial charge in [0, 0.05) is 0 Å². The number of carbonyl (C=O) groups is 1. The van der Waals surface area contributed by atoms with Gasteiger partial charge in [-0.25, -0.2) is 0 Å². The van der Waals surface area contributed by atoms with Crippen LogP contribution in [0.3, 0.4) is 0 Å². The smallest absolute Gasteiger partial charge is 0.243 e. The molecule has 19 heavy (non-hydrogen) atoms. The summed E-state index contributed by atoms with van der Waals surface area (Å²) in [6, 6.07) is 9.44. The number of nitrogens with two attached hydrogens (primary N) is 1. The molecule has 1 heterocycles. The zero-order chi connectivity index (χ0) is 13.7. The standard InChI is InChI=1S/C13H16N4OS/c1-9-16-17-13(19-9)15-12(18)11(14)8-7-10-5-3-2-4-6-10/h2-6,11H,7-8,14H2,1H3,(H,15,17,18). The number of rotatable bonds is 5. The van der Waals surface area contributed by atoms with Crippen LogP contribution in [0.1, 0.15) is 17.0 Å². The fraction of sp³-hybridized carbons (Fsp3) is 0.308. The van der Waals surface area contributed by atoms with Crippen LogP contribution in [0.2, 0.25) is 0 Å². The highest BCUT2D eigenvalue weighted by Crippen LogP contribution is 2.14. The molecule has 3 N–H and O–H groups in total. The van der Waals surface area contributed by atoms with Crippen LogP contribution in [0, 0.1) is 6.92 Å². The number of benzene rings is 1. The van der Waals surface area contributed by atoms with E-state index >= 15 is 0 Å². The number of anilines is 1. The molecule has 0 aliphatic carbocycles. The molecule has 0 aliphatic heterocycles. The highest BCUT2D eigenvalue weighted by Gasteiger charge is 2.15. The summed E-state index contributed by atoms with van der Waals surface area (Å²) in [5.74, 6) is -0.216. The number of hydrogen-bond acceptors (Lipinski definition) is 5. The van der Waals surface area contributed by atoms with Crippen molar-refractivity contribution in [2.75, 3.05) is 5.32 Å². The number of amides is 1. The van der Waals surface area contributed by atoms with Crippen LogP contribution in [-0.2, 0) is 11.2 Å². The number of hydrogen-bond donors (Lipinski definition) is 2. The number of aromatic nitrogens is 2. The molecule has 0 aliphatic rings. The van der Waals surface area contributed by atoms with Crippen molar-refractivity contribution in [1.29, 1.82) is 0 Å². The Bertz CT molecular complexity index is 541. The maximum atomic E-state index is 11.8. The highest BCUT2D eigenvalue weighted by atomic mass is 32.1.